The maximum absolute atomic E-state index is 12.2. The first kappa shape index (κ1) is 19.4. The highest BCUT2D eigenvalue weighted by Gasteiger charge is 2.38. The first-order chi connectivity index (χ1) is 13.9. The van der Waals surface area contributed by atoms with Gasteiger partial charge in [-0.3, -0.25) is 14.8 Å². The Morgan fingerprint density at radius 2 is 1.93 bits per heavy atom. The number of rotatable bonds is 4. The maximum Gasteiger partial charge on any atom is 0.315 e. The van der Waals surface area contributed by atoms with E-state index in [2.05, 4.69) is 20.4 Å². The van der Waals surface area contributed by atoms with Gasteiger partial charge in [0, 0.05) is 23.1 Å². The average Bonchev–Trinajstić information content (AvgIpc) is 3.11. The standard InChI is InChI=1S/C22H25N5O2/c1-13-11-14(9-10-23-13)18-15-7-5-4-6-8-16(15)25-20(22(2,3)21(28)29)19(18)17-12-24-27-26-17/h9-11H,4-8,12H2,1-3H3,(H,28,29). The topological polar surface area (TPSA) is 100 Å². The summed E-state index contributed by atoms with van der Waals surface area (Å²) in [5.74, 6) is -0.913. The number of hydrogen-bond donors (Lipinski definition) is 1. The van der Waals surface area contributed by atoms with Crippen LogP contribution in [0.2, 0.25) is 0 Å². The molecule has 29 heavy (non-hydrogen) atoms. The number of carboxylic acids is 1. The zero-order valence-corrected chi connectivity index (χ0v) is 17.1. The van der Waals surface area contributed by atoms with Crippen LogP contribution < -0.4 is 0 Å². The van der Waals surface area contributed by atoms with E-state index in [-0.39, 0.29) is 0 Å². The molecule has 7 nitrogen and oxygen atoms in total. The molecular formula is C22H25N5O2. The Morgan fingerprint density at radius 3 is 2.62 bits per heavy atom. The Morgan fingerprint density at radius 1 is 1.14 bits per heavy atom. The number of nitrogens with zero attached hydrogens (tertiary/aromatic N) is 5. The molecule has 0 amide bonds. The lowest BCUT2D eigenvalue weighted by Crippen LogP contribution is -2.33. The Kier molecular flexibility index (Phi) is 4.98. The van der Waals surface area contributed by atoms with Gasteiger partial charge in [0.25, 0.3) is 0 Å². The normalized spacial score (nSPS) is 16.3. The predicted molar refractivity (Wildman–Crippen MR) is 110 cm³/mol. The van der Waals surface area contributed by atoms with E-state index < -0.39 is 11.4 Å². The molecule has 0 spiro atoms. The summed E-state index contributed by atoms with van der Waals surface area (Å²) in [5.41, 5.74) is 5.99. The van der Waals surface area contributed by atoms with Crippen LogP contribution in [-0.2, 0) is 23.1 Å². The van der Waals surface area contributed by atoms with Crippen LogP contribution in [0.1, 0.15) is 61.3 Å². The van der Waals surface area contributed by atoms with Crippen LogP contribution in [0, 0.1) is 6.92 Å². The highest BCUT2D eigenvalue weighted by molar-refractivity contribution is 6.10. The van der Waals surface area contributed by atoms with Crippen molar-refractivity contribution in [1.82, 2.24) is 9.97 Å². The molecule has 1 N–H and O–H groups in total. The Bertz CT molecular complexity index is 1040. The molecule has 2 aromatic heterocycles. The number of fused-ring (bicyclic) bond motifs is 1. The maximum atomic E-state index is 12.2. The van der Waals surface area contributed by atoms with Gasteiger partial charge >= 0.3 is 5.97 Å². The van der Waals surface area contributed by atoms with Crippen LogP contribution in [-0.4, -0.2) is 33.3 Å². The van der Waals surface area contributed by atoms with E-state index in [0.29, 0.717) is 18.0 Å². The van der Waals surface area contributed by atoms with E-state index in [4.69, 9.17) is 4.98 Å². The van der Waals surface area contributed by atoms with Crippen LogP contribution >= 0.6 is 0 Å². The lowest BCUT2D eigenvalue weighted by Gasteiger charge is -2.27. The molecule has 4 rings (SSSR count). The fourth-order valence-corrected chi connectivity index (χ4v) is 4.12. The highest BCUT2D eigenvalue weighted by atomic mass is 16.4. The van der Waals surface area contributed by atoms with E-state index in [1.807, 2.05) is 19.1 Å². The summed E-state index contributed by atoms with van der Waals surface area (Å²) in [4.78, 5) is 21.5. The molecule has 7 heteroatoms. The first-order valence-electron chi connectivity index (χ1n) is 10.1. The van der Waals surface area contributed by atoms with Gasteiger partial charge in [-0.1, -0.05) is 6.42 Å². The van der Waals surface area contributed by atoms with Gasteiger partial charge in [0.1, 0.15) is 12.0 Å². The summed E-state index contributed by atoms with van der Waals surface area (Å²) in [5, 5.41) is 22.1. The van der Waals surface area contributed by atoms with E-state index in [9.17, 15) is 9.90 Å². The molecule has 0 saturated heterocycles. The van der Waals surface area contributed by atoms with Crippen molar-refractivity contribution in [2.24, 2.45) is 15.4 Å². The van der Waals surface area contributed by atoms with Gasteiger partial charge < -0.3 is 5.11 Å². The minimum atomic E-state index is -1.17. The fraction of sp³-hybridized carbons (Fsp3) is 0.455. The van der Waals surface area contributed by atoms with Gasteiger partial charge in [-0.15, -0.1) is 5.10 Å². The number of carbonyl (C=O) groups is 1. The number of carboxylic acid groups (broad SMARTS) is 1. The number of pyridine rings is 2. The van der Waals surface area contributed by atoms with E-state index in [0.717, 1.165) is 60.2 Å². The molecule has 3 heterocycles. The van der Waals surface area contributed by atoms with Crippen LogP contribution in [0.4, 0.5) is 0 Å². The summed E-state index contributed by atoms with van der Waals surface area (Å²) in [6.45, 7) is 5.70. The van der Waals surface area contributed by atoms with Crippen molar-refractivity contribution in [2.45, 2.75) is 58.3 Å². The largest absolute Gasteiger partial charge is 0.481 e. The quantitative estimate of drug-likeness (QED) is 0.787. The molecule has 1 aliphatic carbocycles. The minimum Gasteiger partial charge on any atom is -0.481 e. The summed E-state index contributed by atoms with van der Waals surface area (Å²) < 4.78 is 0. The molecule has 0 saturated carbocycles. The summed E-state index contributed by atoms with van der Waals surface area (Å²) in [6, 6.07) is 4.03. The fourth-order valence-electron chi connectivity index (χ4n) is 4.12. The summed E-state index contributed by atoms with van der Waals surface area (Å²) in [7, 11) is 0. The molecule has 0 atom stereocenters. The second kappa shape index (κ2) is 7.46. The molecule has 150 valence electrons. The molecular weight excluding hydrogens is 366 g/mol. The van der Waals surface area contributed by atoms with E-state index >= 15 is 0 Å². The van der Waals surface area contributed by atoms with Crippen molar-refractivity contribution in [3.8, 4) is 11.1 Å². The zero-order chi connectivity index (χ0) is 20.6. The third-order valence-electron chi connectivity index (χ3n) is 5.77. The smallest absolute Gasteiger partial charge is 0.315 e. The molecule has 0 unspecified atom stereocenters. The van der Waals surface area contributed by atoms with Gasteiger partial charge in [-0.25, -0.2) is 0 Å². The number of aromatic nitrogens is 2. The monoisotopic (exact) mass is 391 g/mol. The van der Waals surface area contributed by atoms with Crippen LogP contribution in [0.5, 0.6) is 0 Å². The van der Waals surface area contributed by atoms with Crippen molar-refractivity contribution < 1.29 is 9.90 Å². The molecule has 0 radical (unpaired) electrons. The molecule has 0 aromatic carbocycles. The van der Waals surface area contributed by atoms with Crippen LogP contribution in [0.3, 0.4) is 0 Å². The molecule has 1 aliphatic heterocycles. The van der Waals surface area contributed by atoms with Gasteiger partial charge in [0.2, 0.25) is 0 Å². The third-order valence-corrected chi connectivity index (χ3v) is 5.77. The molecule has 2 aromatic rings. The van der Waals surface area contributed by atoms with Crippen LogP contribution in [0.15, 0.2) is 33.8 Å². The Labute approximate surface area is 170 Å². The predicted octanol–water partition coefficient (Wildman–Crippen LogP) is 4.25. The van der Waals surface area contributed by atoms with Gasteiger partial charge in [0.05, 0.1) is 11.4 Å². The highest BCUT2D eigenvalue weighted by Crippen LogP contribution is 2.39. The van der Waals surface area contributed by atoms with Gasteiger partial charge in [0.15, 0.2) is 0 Å². The zero-order valence-electron chi connectivity index (χ0n) is 17.1. The number of aryl methyl sites for hydroxylation is 2. The summed E-state index contributed by atoms with van der Waals surface area (Å²) >= 11 is 0. The first-order valence-corrected chi connectivity index (χ1v) is 10.1. The molecule has 0 bridgehead atoms. The van der Waals surface area contributed by atoms with Crippen LogP contribution in [0.25, 0.3) is 11.1 Å². The number of aliphatic carboxylic acids is 1. The van der Waals surface area contributed by atoms with Crippen molar-refractivity contribution in [1.29, 1.82) is 0 Å². The van der Waals surface area contributed by atoms with E-state index in [1.54, 1.807) is 20.0 Å². The second-order valence-electron chi connectivity index (χ2n) is 8.25. The Hall–Kier alpha value is -2.96. The molecule has 2 aliphatic rings. The van der Waals surface area contributed by atoms with Crippen molar-refractivity contribution in [3.63, 3.8) is 0 Å². The lowest BCUT2D eigenvalue weighted by molar-refractivity contribution is -0.142. The van der Waals surface area contributed by atoms with E-state index in [1.165, 1.54) is 5.56 Å². The SMILES string of the molecule is Cc1cc(-c2c3c(nc(C(C)(C)C(=O)O)c2C2=NN=NC2)CCCCC3)ccn1. The van der Waals surface area contributed by atoms with Crippen molar-refractivity contribution in [2.75, 3.05) is 6.54 Å². The average molecular weight is 391 g/mol. The van der Waals surface area contributed by atoms with Crippen molar-refractivity contribution in [3.05, 3.63) is 46.5 Å². The minimum absolute atomic E-state index is 0.334. The van der Waals surface area contributed by atoms with Crippen molar-refractivity contribution >= 4 is 11.7 Å². The lowest BCUT2D eigenvalue weighted by atomic mass is 9.79. The number of hydrogen-bond acceptors (Lipinski definition) is 6. The van der Waals surface area contributed by atoms with Gasteiger partial charge in [-0.2, -0.15) is 5.11 Å². The Balaban J connectivity index is 2.11. The summed E-state index contributed by atoms with van der Waals surface area (Å²) in [6.07, 6.45) is 6.87. The second-order valence-corrected chi connectivity index (χ2v) is 8.25. The van der Waals surface area contributed by atoms with Gasteiger partial charge in [-0.05, 0) is 80.5 Å². The molecule has 0 fully saturated rings. The third kappa shape index (κ3) is 3.45.